The van der Waals surface area contributed by atoms with Gasteiger partial charge in [0.25, 0.3) is 5.56 Å². The Balaban J connectivity index is 1.64. The molecule has 32 heavy (non-hydrogen) atoms. The first kappa shape index (κ1) is 22.4. The molecule has 0 amide bonds. The minimum Gasteiger partial charge on any atom is -0.302 e. The van der Waals surface area contributed by atoms with Crippen LogP contribution in [0.1, 0.15) is 60.2 Å². The Morgan fingerprint density at radius 1 is 1.06 bits per heavy atom. The lowest BCUT2D eigenvalue weighted by Crippen LogP contribution is -2.44. The van der Waals surface area contributed by atoms with Crippen LogP contribution >= 0.6 is 0 Å². The number of hydrogen-bond donors (Lipinski definition) is 2. The third kappa shape index (κ3) is 4.14. The summed E-state index contributed by atoms with van der Waals surface area (Å²) in [7, 11) is -3.76. The molecule has 1 aromatic heterocycles. The highest BCUT2D eigenvalue weighted by molar-refractivity contribution is 7.89. The van der Waals surface area contributed by atoms with E-state index in [-0.39, 0.29) is 29.3 Å². The molecular weight excluding hydrogens is 436 g/mol. The number of nitrogens with zero attached hydrogens (tertiary/aromatic N) is 1. The summed E-state index contributed by atoms with van der Waals surface area (Å²) in [6.07, 6.45) is 1.10. The molecule has 3 aromatic rings. The van der Waals surface area contributed by atoms with Crippen LogP contribution in [0, 0.1) is 11.6 Å². The molecule has 1 saturated heterocycles. The highest BCUT2D eigenvalue weighted by atomic mass is 32.2. The molecule has 6 nitrogen and oxygen atoms in total. The average molecular weight is 462 g/mol. The summed E-state index contributed by atoms with van der Waals surface area (Å²) >= 11 is 0. The van der Waals surface area contributed by atoms with Crippen LogP contribution in [-0.4, -0.2) is 29.0 Å². The van der Waals surface area contributed by atoms with Crippen molar-refractivity contribution >= 4 is 10.0 Å². The minimum atomic E-state index is -3.76. The summed E-state index contributed by atoms with van der Waals surface area (Å²) < 4.78 is 57.9. The van der Waals surface area contributed by atoms with Crippen LogP contribution in [0.15, 0.2) is 53.3 Å². The minimum absolute atomic E-state index is 0.0230. The Morgan fingerprint density at radius 2 is 1.78 bits per heavy atom. The lowest BCUT2D eigenvalue weighted by Gasteiger charge is -2.37. The van der Waals surface area contributed by atoms with Gasteiger partial charge in [0.15, 0.2) is 0 Å². The lowest BCUT2D eigenvalue weighted by atomic mass is 9.95. The van der Waals surface area contributed by atoms with Crippen LogP contribution in [-0.2, 0) is 16.6 Å². The van der Waals surface area contributed by atoms with Gasteiger partial charge in [-0.05, 0) is 43.0 Å². The number of nitrogens with one attached hydrogen (secondary N) is 2. The normalized spacial score (nSPS) is 22.0. The molecule has 0 radical (unpaired) electrons. The summed E-state index contributed by atoms with van der Waals surface area (Å²) in [5.41, 5.74) is 0.824. The second kappa shape index (κ2) is 8.63. The summed E-state index contributed by atoms with van der Waals surface area (Å²) in [5.74, 6) is -1.93. The number of aromatic amines is 2. The zero-order valence-corrected chi connectivity index (χ0v) is 18.6. The van der Waals surface area contributed by atoms with Gasteiger partial charge in [-0.15, -0.1) is 0 Å². The van der Waals surface area contributed by atoms with E-state index < -0.39 is 32.8 Å². The summed E-state index contributed by atoms with van der Waals surface area (Å²) in [5, 5.41) is 4.32. The SMILES string of the molecule is CC(c1cc(=O)[nH][nH]1)c1cc(F)c(CN2[C@@H](C)CC[C@H](c3ccccc3)S2(=O)=O)cc1F. The summed E-state index contributed by atoms with van der Waals surface area (Å²) in [6.45, 7) is 3.19. The van der Waals surface area contributed by atoms with E-state index in [0.717, 1.165) is 12.1 Å². The Labute approximate surface area is 185 Å². The first-order chi connectivity index (χ1) is 15.2. The predicted molar refractivity (Wildman–Crippen MR) is 118 cm³/mol. The van der Waals surface area contributed by atoms with Crippen molar-refractivity contribution in [3.63, 3.8) is 0 Å². The molecule has 9 heteroatoms. The molecule has 2 N–H and O–H groups in total. The van der Waals surface area contributed by atoms with Crippen LogP contribution in [0.3, 0.4) is 0 Å². The van der Waals surface area contributed by atoms with Crippen LogP contribution < -0.4 is 5.56 Å². The van der Waals surface area contributed by atoms with Gasteiger partial charge in [-0.2, -0.15) is 4.31 Å². The standard InChI is InChI=1S/C23H25F2N3O3S/c1-14-8-9-22(16-6-4-3-5-7-16)32(30,31)28(14)13-17-10-20(25)18(11-19(17)24)15(2)21-12-23(29)27-26-21/h3-7,10-12,14-15,22H,8-9,13H2,1-2H3,(H2,26,27,29)/t14-,15?,22+/m0/s1. The first-order valence-corrected chi connectivity index (χ1v) is 12.0. The van der Waals surface area contributed by atoms with Crippen LogP contribution in [0.4, 0.5) is 8.78 Å². The Morgan fingerprint density at radius 3 is 2.44 bits per heavy atom. The van der Waals surface area contributed by atoms with E-state index in [1.807, 2.05) is 6.07 Å². The van der Waals surface area contributed by atoms with Gasteiger partial charge in [0.1, 0.15) is 16.9 Å². The molecule has 0 saturated carbocycles. The van der Waals surface area contributed by atoms with Crippen LogP contribution in [0.5, 0.6) is 0 Å². The van der Waals surface area contributed by atoms with E-state index in [1.165, 1.54) is 10.4 Å². The molecule has 0 aliphatic carbocycles. The highest BCUT2D eigenvalue weighted by Gasteiger charge is 2.40. The van der Waals surface area contributed by atoms with Crippen molar-refractivity contribution in [2.75, 3.05) is 0 Å². The zero-order chi connectivity index (χ0) is 23.0. The molecule has 170 valence electrons. The molecule has 2 heterocycles. The molecule has 1 unspecified atom stereocenters. The number of rotatable bonds is 5. The van der Waals surface area contributed by atoms with Gasteiger partial charge >= 0.3 is 0 Å². The fourth-order valence-electron chi connectivity index (χ4n) is 4.32. The third-order valence-corrected chi connectivity index (χ3v) is 8.61. The van der Waals surface area contributed by atoms with Crippen molar-refractivity contribution < 1.29 is 17.2 Å². The number of aromatic nitrogens is 2. The van der Waals surface area contributed by atoms with Gasteiger partial charge in [0, 0.05) is 35.8 Å². The molecule has 0 bridgehead atoms. The average Bonchev–Trinajstić information content (AvgIpc) is 3.19. The van der Waals surface area contributed by atoms with Crippen LogP contribution in [0.2, 0.25) is 0 Å². The first-order valence-electron chi connectivity index (χ1n) is 10.5. The number of halogens is 2. The van der Waals surface area contributed by atoms with Gasteiger partial charge in [0.2, 0.25) is 10.0 Å². The zero-order valence-electron chi connectivity index (χ0n) is 17.8. The quantitative estimate of drug-likeness (QED) is 0.598. The van der Waals surface area contributed by atoms with Crippen LogP contribution in [0.25, 0.3) is 0 Å². The summed E-state index contributed by atoms with van der Waals surface area (Å²) in [4.78, 5) is 11.4. The molecule has 3 atom stereocenters. The number of hydrogen-bond acceptors (Lipinski definition) is 3. The second-order valence-electron chi connectivity index (χ2n) is 8.32. The number of H-pyrrole nitrogens is 2. The van der Waals surface area contributed by atoms with Gasteiger partial charge in [-0.3, -0.25) is 9.89 Å². The molecule has 1 aliphatic rings. The lowest BCUT2D eigenvalue weighted by molar-refractivity contribution is 0.278. The van der Waals surface area contributed by atoms with E-state index in [1.54, 1.807) is 38.1 Å². The maximum absolute atomic E-state index is 15.0. The van der Waals surface area contributed by atoms with E-state index in [9.17, 15) is 22.0 Å². The van der Waals surface area contributed by atoms with Crippen molar-refractivity contribution in [3.05, 3.63) is 92.9 Å². The number of sulfonamides is 1. The predicted octanol–water partition coefficient (Wildman–Crippen LogP) is 4.19. The topological polar surface area (TPSA) is 86.0 Å². The summed E-state index contributed by atoms with van der Waals surface area (Å²) in [6, 6.07) is 12.1. The van der Waals surface area contributed by atoms with Crippen molar-refractivity contribution in [1.29, 1.82) is 0 Å². The van der Waals surface area contributed by atoms with E-state index >= 15 is 0 Å². The highest BCUT2D eigenvalue weighted by Crippen LogP contribution is 2.38. The van der Waals surface area contributed by atoms with Crippen molar-refractivity contribution in [2.24, 2.45) is 0 Å². The van der Waals surface area contributed by atoms with Crippen molar-refractivity contribution in [3.8, 4) is 0 Å². The fraction of sp³-hybridized carbons (Fsp3) is 0.348. The Bertz CT molecular complexity index is 1270. The van der Waals surface area contributed by atoms with Gasteiger partial charge < -0.3 is 5.10 Å². The van der Waals surface area contributed by atoms with Gasteiger partial charge in [-0.25, -0.2) is 17.2 Å². The smallest absolute Gasteiger partial charge is 0.264 e. The number of benzene rings is 2. The monoisotopic (exact) mass is 461 g/mol. The molecule has 1 fully saturated rings. The van der Waals surface area contributed by atoms with E-state index in [0.29, 0.717) is 24.1 Å². The van der Waals surface area contributed by atoms with Gasteiger partial charge in [0.05, 0.1) is 0 Å². The van der Waals surface area contributed by atoms with E-state index in [2.05, 4.69) is 10.2 Å². The third-order valence-electron chi connectivity index (χ3n) is 6.24. The molecule has 4 rings (SSSR count). The Kier molecular flexibility index (Phi) is 6.05. The maximum Gasteiger partial charge on any atom is 0.264 e. The Hall–Kier alpha value is -2.78. The molecule has 1 aliphatic heterocycles. The largest absolute Gasteiger partial charge is 0.302 e. The molecule has 0 spiro atoms. The maximum atomic E-state index is 15.0. The fourth-order valence-corrected chi connectivity index (χ4v) is 6.51. The van der Waals surface area contributed by atoms with Crippen molar-refractivity contribution in [1.82, 2.24) is 14.5 Å². The van der Waals surface area contributed by atoms with E-state index in [4.69, 9.17) is 0 Å². The second-order valence-corrected chi connectivity index (χ2v) is 10.4. The molecular formula is C23H25F2N3O3S. The van der Waals surface area contributed by atoms with Crippen molar-refractivity contribution in [2.45, 2.75) is 50.4 Å². The van der Waals surface area contributed by atoms with Gasteiger partial charge in [-0.1, -0.05) is 37.3 Å². The molecule has 2 aromatic carbocycles.